The Morgan fingerprint density at radius 1 is 0.975 bits per heavy atom. The van der Waals surface area contributed by atoms with Crippen LogP contribution in [0.2, 0.25) is 0 Å². The molecule has 11 heteroatoms. The van der Waals surface area contributed by atoms with Crippen LogP contribution < -0.4 is 19.7 Å². The molecule has 0 atom stereocenters. The molecule has 11 nitrogen and oxygen atoms in total. The molecule has 0 aromatic heterocycles. The second-order valence-electron chi connectivity index (χ2n) is 10.4. The molecule has 0 saturated carbocycles. The van der Waals surface area contributed by atoms with Crippen LogP contribution in [-0.2, 0) is 11.2 Å². The van der Waals surface area contributed by atoms with Crippen LogP contribution in [0, 0.1) is 5.41 Å². The minimum absolute atomic E-state index is 0.0747. The fourth-order valence-electron chi connectivity index (χ4n) is 5.84. The molecule has 212 valence electrons. The van der Waals surface area contributed by atoms with Gasteiger partial charge in [-0.25, -0.2) is 4.79 Å². The molecule has 3 aliphatic rings. The maximum Gasteiger partial charge on any atom is 0.411 e. The molecule has 2 aromatic rings. The first-order valence-corrected chi connectivity index (χ1v) is 13.7. The Bertz CT molecular complexity index is 1280. The summed E-state index contributed by atoms with van der Waals surface area (Å²) < 4.78 is 11.7. The molecule has 3 heterocycles. The topological polar surface area (TPSA) is 136 Å². The van der Waals surface area contributed by atoms with E-state index in [2.05, 4.69) is 11.4 Å². The van der Waals surface area contributed by atoms with Gasteiger partial charge in [0.05, 0.1) is 12.7 Å². The SMILES string of the molecule is COc1cc(OC2CCN(C(=N)NC(=O)O)CC2)ccc1C(=O)N1CCC(N2C(=O)CCc3ccccc32)CC1. The van der Waals surface area contributed by atoms with Gasteiger partial charge in [-0.15, -0.1) is 0 Å². The zero-order valence-electron chi connectivity index (χ0n) is 22.6. The van der Waals surface area contributed by atoms with Crippen LogP contribution >= 0.6 is 0 Å². The highest BCUT2D eigenvalue weighted by molar-refractivity contribution is 5.98. The Morgan fingerprint density at radius 2 is 1.68 bits per heavy atom. The number of likely N-dealkylation sites (tertiary alicyclic amines) is 2. The first-order valence-electron chi connectivity index (χ1n) is 13.7. The summed E-state index contributed by atoms with van der Waals surface area (Å²) in [4.78, 5) is 42.5. The van der Waals surface area contributed by atoms with Gasteiger partial charge >= 0.3 is 6.09 Å². The minimum atomic E-state index is -1.25. The van der Waals surface area contributed by atoms with Crippen molar-refractivity contribution in [3.63, 3.8) is 0 Å². The fourth-order valence-corrected chi connectivity index (χ4v) is 5.84. The number of piperidine rings is 2. The number of carboxylic acid groups (broad SMARTS) is 1. The average molecular weight is 550 g/mol. The Kier molecular flexibility index (Phi) is 8.09. The minimum Gasteiger partial charge on any atom is -0.496 e. The monoisotopic (exact) mass is 549 g/mol. The molecule has 2 aromatic carbocycles. The number of amides is 3. The van der Waals surface area contributed by atoms with Crippen molar-refractivity contribution in [1.29, 1.82) is 5.41 Å². The normalized spacial score (nSPS) is 18.2. The number of para-hydroxylation sites is 1. The summed E-state index contributed by atoms with van der Waals surface area (Å²) in [6.07, 6.45) is 2.64. The lowest BCUT2D eigenvalue weighted by atomic mass is 9.95. The zero-order chi connectivity index (χ0) is 28.2. The smallest absolute Gasteiger partial charge is 0.411 e. The van der Waals surface area contributed by atoms with Crippen molar-refractivity contribution in [3.8, 4) is 11.5 Å². The molecule has 0 unspecified atom stereocenters. The molecule has 0 aliphatic carbocycles. The first kappa shape index (κ1) is 27.3. The van der Waals surface area contributed by atoms with Crippen molar-refractivity contribution in [2.75, 3.05) is 38.2 Å². The third kappa shape index (κ3) is 5.83. The highest BCUT2D eigenvalue weighted by Gasteiger charge is 2.34. The van der Waals surface area contributed by atoms with Crippen LogP contribution in [0.3, 0.4) is 0 Å². The molecule has 5 rings (SSSR count). The van der Waals surface area contributed by atoms with E-state index < -0.39 is 6.09 Å². The number of anilines is 1. The van der Waals surface area contributed by atoms with E-state index in [9.17, 15) is 14.4 Å². The van der Waals surface area contributed by atoms with E-state index in [-0.39, 0.29) is 29.9 Å². The first-order chi connectivity index (χ1) is 19.3. The van der Waals surface area contributed by atoms with Crippen molar-refractivity contribution in [1.82, 2.24) is 15.1 Å². The van der Waals surface area contributed by atoms with Crippen LogP contribution in [0.4, 0.5) is 10.5 Å². The molecule has 40 heavy (non-hydrogen) atoms. The quantitative estimate of drug-likeness (QED) is 0.385. The summed E-state index contributed by atoms with van der Waals surface area (Å²) in [5, 5.41) is 18.7. The van der Waals surface area contributed by atoms with Crippen LogP contribution in [0.25, 0.3) is 0 Å². The lowest BCUT2D eigenvalue weighted by Gasteiger charge is -2.41. The zero-order valence-corrected chi connectivity index (χ0v) is 22.6. The van der Waals surface area contributed by atoms with Gasteiger partial charge in [0, 0.05) is 63.2 Å². The van der Waals surface area contributed by atoms with Gasteiger partial charge in [-0.05, 0) is 43.0 Å². The van der Waals surface area contributed by atoms with Gasteiger partial charge < -0.3 is 29.3 Å². The number of hydrogen-bond donors (Lipinski definition) is 3. The van der Waals surface area contributed by atoms with Crippen LogP contribution in [0.1, 0.15) is 48.0 Å². The molecule has 0 radical (unpaired) electrons. The number of nitrogens with one attached hydrogen (secondary N) is 2. The Labute approximate surface area is 233 Å². The highest BCUT2D eigenvalue weighted by atomic mass is 16.5. The molecule has 3 N–H and O–H groups in total. The van der Waals surface area contributed by atoms with Crippen molar-refractivity contribution < 1.29 is 29.0 Å². The predicted molar refractivity (Wildman–Crippen MR) is 148 cm³/mol. The third-order valence-electron chi connectivity index (χ3n) is 7.93. The second kappa shape index (κ2) is 11.8. The number of guanidine groups is 1. The van der Waals surface area contributed by atoms with Crippen LogP contribution in [0.5, 0.6) is 11.5 Å². The van der Waals surface area contributed by atoms with Gasteiger partial charge in [-0.2, -0.15) is 0 Å². The standard InChI is InChI=1S/C29H35N5O6/c1-39-25-18-22(40-21-12-16-33(17-13-21)28(30)31-29(37)38)7-8-23(25)27(36)32-14-10-20(11-15-32)34-24-5-3-2-4-19(24)6-9-26(34)35/h2-5,7-8,18,20-21H,6,9-17H2,1H3,(H2,30,31)(H,37,38). The Morgan fingerprint density at radius 3 is 2.38 bits per heavy atom. The molecule has 2 saturated heterocycles. The molecular weight excluding hydrogens is 514 g/mol. The molecular formula is C29H35N5O6. The number of carbonyl (C=O) groups excluding carboxylic acids is 2. The van der Waals surface area contributed by atoms with E-state index in [0.717, 1.165) is 12.1 Å². The number of carbonyl (C=O) groups is 3. The van der Waals surface area contributed by atoms with Gasteiger partial charge in [0.2, 0.25) is 11.9 Å². The maximum absolute atomic E-state index is 13.5. The molecule has 0 spiro atoms. The molecule has 3 amide bonds. The van der Waals surface area contributed by atoms with E-state index in [4.69, 9.17) is 20.0 Å². The number of fused-ring (bicyclic) bond motifs is 1. The van der Waals surface area contributed by atoms with E-state index in [1.54, 1.807) is 23.1 Å². The van der Waals surface area contributed by atoms with E-state index >= 15 is 0 Å². The number of aryl methyl sites for hydroxylation is 1. The Hall–Kier alpha value is -4.28. The number of methoxy groups -OCH3 is 1. The Balaban J connectivity index is 1.18. The highest BCUT2D eigenvalue weighted by Crippen LogP contribution is 2.33. The summed E-state index contributed by atoms with van der Waals surface area (Å²) in [6, 6.07) is 13.4. The average Bonchev–Trinajstić information content (AvgIpc) is 2.97. The van der Waals surface area contributed by atoms with Gasteiger partial charge in [0.15, 0.2) is 0 Å². The van der Waals surface area contributed by atoms with E-state index in [1.165, 1.54) is 12.7 Å². The lowest BCUT2D eigenvalue weighted by Crippen LogP contribution is -2.50. The largest absolute Gasteiger partial charge is 0.496 e. The lowest BCUT2D eigenvalue weighted by molar-refractivity contribution is -0.119. The van der Waals surface area contributed by atoms with Gasteiger partial charge in [-0.1, -0.05) is 18.2 Å². The van der Waals surface area contributed by atoms with Gasteiger partial charge in [0.25, 0.3) is 5.91 Å². The van der Waals surface area contributed by atoms with Crippen LogP contribution in [-0.4, -0.2) is 84.2 Å². The summed E-state index contributed by atoms with van der Waals surface area (Å²) in [7, 11) is 1.53. The summed E-state index contributed by atoms with van der Waals surface area (Å²) in [6.45, 7) is 2.12. The summed E-state index contributed by atoms with van der Waals surface area (Å²) in [5.41, 5.74) is 2.67. The van der Waals surface area contributed by atoms with Crippen molar-refractivity contribution >= 4 is 29.6 Å². The maximum atomic E-state index is 13.5. The van der Waals surface area contributed by atoms with Gasteiger partial charge in [-0.3, -0.25) is 20.3 Å². The number of nitrogens with zero attached hydrogens (tertiary/aromatic N) is 3. The van der Waals surface area contributed by atoms with Gasteiger partial charge in [0.1, 0.15) is 17.6 Å². The molecule has 0 bridgehead atoms. The molecule has 3 aliphatic heterocycles. The van der Waals surface area contributed by atoms with E-state index in [1.807, 2.05) is 28.0 Å². The summed E-state index contributed by atoms with van der Waals surface area (Å²) in [5.74, 6) is 0.944. The van der Waals surface area contributed by atoms with Crippen molar-refractivity contribution in [2.45, 2.75) is 50.7 Å². The molecule has 2 fully saturated rings. The van der Waals surface area contributed by atoms with Crippen molar-refractivity contribution in [2.24, 2.45) is 0 Å². The summed E-state index contributed by atoms with van der Waals surface area (Å²) >= 11 is 0. The number of ether oxygens (including phenoxy) is 2. The second-order valence-corrected chi connectivity index (χ2v) is 10.4. The van der Waals surface area contributed by atoms with Crippen LogP contribution in [0.15, 0.2) is 42.5 Å². The number of rotatable bonds is 5. The number of hydrogen-bond acceptors (Lipinski definition) is 6. The number of benzene rings is 2. The third-order valence-corrected chi connectivity index (χ3v) is 7.93. The van der Waals surface area contributed by atoms with Crippen molar-refractivity contribution in [3.05, 3.63) is 53.6 Å². The van der Waals surface area contributed by atoms with E-state index in [0.29, 0.717) is 75.3 Å². The predicted octanol–water partition coefficient (Wildman–Crippen LogP) is 3.32. The fraction of sp³-hybridized carbons (Fsp3) is 0.448.